The molecule has 0 aliphatic carbocycles. The number of hydrogen-bond donors (Lipinski definition) is 1. The first-order valence-corrected chi connectivity index (χ1v) is 7.14. The number of aromatic nitrogens is 3. The fourth-order valence-electron chi connectivity index (χ4n) is 1.52. The summed E-state index contributed by atoms with van der Waals surface area (Å²) >= 11 is 2.08. The van der Waals surface area contributed by atoms with Gasteiger partial charge in [0, 0.05) is 17.7 Å². The third-order valence-electron chi connectivity index (χ3n) is 2.51. The molecule has 0 aliphatic rings. The van der Waals surface area contributed by atoms with Gasteiger partial charge in [0.05, 0.1) is 5.56 Å². The minimum Gasteiger partial charge on any atom is -0.454 e. The zero-order valence-corrected chi connectivity index (χ0v) is 13.7. The summed E-state index contributed by atoms with van der Waals surface area (Å²) in [6.45, 7) is -0.0582. The Morgan fingerprint density at radius 2 is 2.00 bits per heavy atom. The standard InChI is InChI=1S/C13H14IN5O2/c1-19(2)13-17-10(16-12(15)18-13)7-21-11(20)8-5-3-4-6-9(8)14/h3-6H,7H2,1-2H3,(H2,15,16,17,18). The monoisotopic (exact) mass is 399 g/mol. The lowest BCUT2D eigenvalue weighted by molar-refractivity contribution is 0.0461. The van der Waals surface area contributed by atoms with Crippen molar-refractivity contribution in [3.05, 3.63) is 39.2 Å². The molecule has 0 saturated heterocycles. The number of ether oxygens (including phenoxy) is 1. The highest BCUT2D eigenvalue weighted by atomic mass is 127. The van der Waals surface area contributed by atoms with Crippen LogP contribution in [0.3, 0.4) is 0 Å². The molecule has 2 rings (SSSR count). The average molecular weight is 399 g/mol. The van der Waals surface area contributed by atoms with Crippen molar-refractivity contribution in [3.8, 4) is 0 Å². The largest absolute Gasteiger partial charge is 0.454 e. The first-order chi connectivity index (χ1) is 9.97. The minimum absolute atomic E-state index is 0.0582. The molecule has 0 amide bonds. The van der Waals surface area contributed by atoms with Crippen LogP contribution < -0.4 is 10.6 Å². The van der Waals surface area contributed by atoms with Crippen molar-refractivity contribution in [1.82, 2.24) is 15.0 Å². The second kappa shape index (κ2) is 6.66. The van der Waals surface area contributed by atoms with E-state index in [0.29, 0.717) is 17.3 Å². The fraction of sp³-hybridized carbons (Fsp3) is 0.231. The second-order valence-corrected chi connectivity index (χ2v) is 5.52. The normalized spacial score (nSPS) is 10.2. The van der Waals surface area contributed by atoms with E-state index in [1.54, 1.807) is 31.1 Å². The van der Waals surface area contributed by atoms with Crippen molar-refractivity contribution >= 4 is 40.5 Å². The van der Waals surface area contributed by atoms with E-state index in [1.165, 1.54) is 0 Å². The van der Waals surface area contributed by atoms with E-state index in [9.17, 15) is 4.79 Å². The number of carbonyl (C=O) groups is 1. The van der Waals surface area contributed by atoms with Crippen LogP contribution >= 0.6 is 22.6 Å². The zero-order chi connectivity index (χ0) is 15.4. The lowest BCUT2D eigenvalue weighted by Gasteiger charge is -2.11. The molecule has 1 aromatic heterocycles. The first-order valence-electron chi connectivity index (χ1n) is 6.07. The lowest BCUT2D eigenvalue weighted by Crippen LogP contribution is -2.17. The van der Waals surface area contributed by atoms with Crippen molar-refractivity contribution < 1.29 is 9.53 Å². The highest BCUT2D eigenvalue weighted by molar-refractivity contribution is 14.1. The van der Waals surface area contributed by atoms with Gasteiger partial charge in [-0.1, -0.05) is 12.1 Å². The topological polar surface area (TPSA) is 94.2 Å². The molecule has 2 N–H and O–H groups in total. The second-order valence-electron chi connectivity index (χ2n) is 4.36. The number of anilines is 2. The van der Waals surface area contributed by atoms with Crippen LogP contribution in [0, 0.1) is 3.57 Å². The summed E-state index contributed by atoms with van der Waals surface area (Å²) in [4.78, 5) is 25.8. The molecular weight excluding hydrogens is 385 g/mol. The molecule has 2 aromatic rings. The van der Waals surface area contributed by atoms with Gasteiger partial charge in [0.15, 0.2) is 12.4 Å². The maximum Gasteiger partial charge on any atom is 0.339 e. The zero-order valence-electron chi connectivity index (χ0n) is 11.6. The Kier molecular flexibility index (Phi) is 4.89. The van der Waals surface area contributed by atoms with Gasteiger partial charge >= 0.3 is 5.97 Å². The summed E-state index contributed by atoms with van der Waals surface area (Å²) in [6, 6.07) is 7.18. The molecule has 110 valence electrons. The third-order valence-corrected chi connectivity index (χ3v) is 3.45. The van der Waals surface area contributed by atoms with Crippen LogP contribution in [0.25, 0.3) is 0 Å². The van der Waals surface area contributed by atoms with E-state index in [2.05, 4.69) is 37.5 Å². The molecule has 0 spiro atoms. The van der Waals surface area contributed by atoms with E-state index in [1.807, 2.05) is 12.1 Å². The van der Waals surface area contributed by atoms with Crippen LogP contribution in [0.1, 0.15) is 16.2 Å². The molecule has 21 heavy (non-hydrogen) atoms. The molecule has 1 heterocycles. The lowest BCUT2D eigenvalue weighted by atomic mass is 10.2. The van der Waals surface area contributed by atoms with Gasteiger partial charge in [-0.2, -0.15) is 15.0 Å². The summed E-state index contributed by atoms with van der Waals surface area (Å²) in [5.41, 5.74) is 6.12. The highest BCUT2D eigenvalue weighted by Gasteiger charge is 2.13. The summed E-state index contributed by atoms with van der Waals surface area (Å²) in [5.74, 6) is 0.396. The van der Waals surface area contributed by atoms with Crippen LogP contribution in [0.2, 0.25) is 0 Å². The van der Waals surface area contributed by atoms with Crippen molar-refractivity contribution in [3.63, 3.8) is 0 Å². The van der Waals surface area contributed by atoms with Gasteiger partial charge in [0.2, 0.25) is 11.9 Å². The quantitative estimate of drug-likeness (QED) is 0.615. The molecule has 0 unspecified atom stereocenters. The number of hydrogen-bond acceptors (Lipinski definition) is 7. The number of rotatable bonds is 4. The first kappa shape index (κ1) is 15.4. The van der Waals surface area contributed by atoms with Crippen molar-refractivity contribution in [2.75, 3.05) is 24.7 Å². The van der Waals surface area contributed by atoms with Gasteiger partial charge < -0.3 is 15.4 Å². The number of benzene rings is 1. The summed E-state index contributed by atoms with van der Waals surface area (Å²) in [7, 11) is 3.58. The van der Waals surface area contributed by atoms with E-state index in [-0.39, 0.29) is 12.6 Å². The van der Waals surface area contributed by atoms with Crippen LogP contribution in [0.5, 0.6) is 0 Å². The summed E-state index contributed by atoms with van der Waals surface area (Å²) in [6.07, 6.45) is 0. The molecule has 0 aliphatic heterocycles. The van der Waals surface area contributed by atoms with Gasteiger partial charge in [-0.25, -0.2) is 4.79 Å². The molecule has 1 aromatic carbocycles. The Hall–Kier alpha value is -1.97. The average Bonchev–Trinajstić information content (AvgIpc) is 2.44. The van der Waals surface area contributed by atoms with Gasteiger partial charge in [-0.3, -0.25) is 0 Å². The molecule has 0 radical (unpaired) electrons. The van der Waals surface area contributed by atoms with E-state index in [0.717, 1.165) is 3.57 Å². The van der Waals surface area contributed by atoms with E-state index >= 15 is 0 Å². The molecular formula is C13H14IN5O2. The number of nitrogen functional groups attached to an aromatic ring is 1. The summed E-state index contributed by atoms with van der Waals surface area (Å²) < 4.78 is 6.04. The van der Waals surface area contributed by atoms with E-state index < -0.39 is 5.97 Å². The molecule has 0 bridgehead atoms. The molecule has 8 heteroatoms. The smallest absolute Gasteiger partial charge is 0.339 e. The van der Waals surface area contributed by atoms with Gasteiger partial charge in [-0.15, -0.1) is 0 Å². The van der Waals surface area contributed by atoms with Crippen LogP contribution in [-0.2, 0) is 11.3 Å². The fourth-order valence-corrected chi connectivity index (χ4v) is 2.13. The maximum atomic E-state index is 12.0. The molecule has 0 atom stereocenters. The number of halogens is 1. The minimum atomic E-state index is -0.426. The van der Waals surface area contributed by atoms with Gasteiger partial charge in [0.25, 0.3) is 0 Å². The predicted octanol–water partition coefficient (Wildman–Crippen LogP) is 1.48. The number of nitrogens with two attached hydrogens (primary N) is 1. The van der Waals surface area contributed by atoms with Gasteiger partial charge in [0.1, 0.15) is 0 Å². The Morgan fingerprint density at radius 1 is 1.29 bits per heavy atom. The van der Waals surface area contributed by atoms with Crippen molar-refractivity contribution in [2.45, 2.75) is 6.61 Å². The molecule has 0 fully saturated rings. The van der Waals surface area contributed by atoms with Crippen LogP contribution in [0.4, 0.5) is 11.9 Å². The Morgan fingerprint density at radius 3 is 2.67 bits per heavy atom. The molecule has 7 nitrogen and oxygen atoms in total. The third kappa shape index (κ3) is 4.00. The Balaban J connectivity index is 2.10. The number of esters is 1. The maximum absolute atomic E-state index is 12.0. The van der Waals surface area contributed by atoms with E-state index in [4.69, 9.17) is 10.5 Å². The summed E-state index contributed by atoms with van der Waals surface area (Å²) in [5, 5.41) is 0. The van der Waals surface area contributed by atoms with Crippen LogP contribution in [-0.4, -0.2) is 35.0 Å². The van der Waals surface area contributed by atoms with Crippen LogP contribution in [0.15, 0.2) is 24.3 Å². The van der Waals surface area contributed by atoms with Crippen molar-refractivity contribution in [2.24, 2.45) is 0 Å². The number of nitrogens with zero attached hydrogens (tertiary/aromatic N) is 4. The van der Waals surface area contributed by atoms with Gasteiger partial charge in [-0.05, 0) is 34.7 Å². The Labute approximate surface area is 135 Å². The Bertz CT molecular complexity index is 663. The highest BCUT2D eigenvalue weighted by Crippen LogP contribution is 2.13. The van der Waals surface area contributed by atoms with Crippen molar-refractivity contribution in [1.29, 1.82) is 0 Å². The SMILES string of the molecule is CN(C)c1nc(N)nc(COC(=O)c2ccccc2I)n1. The predicted molar refractivity (Wildman–Crippen MR) is 86.8 cm³/mol. The number of carbonyl (C=O) groups excluding carboxylic acids is 1. The molecule has 0 saturated carbocycles.